The quantitative estimate of drug-likeness (QED) is 0.0670. The summed E-state index contributed by atoms with van der Waals surface area (Å²) in [6.45, 7) is 24.5. The zero-order chi connectivity index (χ0) is 39.4. The van der Waals surface area contributed by atoms with Gasteiger partial charge in [0, 0.05) is 28.5 Å². The van der Waals surface area contributed by atoms with Gasteiger partial charge in [0.1, 0.15) is 11.7 Å². The van der Waals surface area contributed by atoms with Crippen molar-refractivity contribution in [1.29, 1.82) is 0 Å². The summed E-state index contributed by atoms with van der Waals surface area (Å²) in [7, 11) is 0. The van der Waals surface area contributed by atoms with Crippen molar-refractivity contribution in [3.8, 4) is 0 Å². The number of nitrogens with one attached hydrogen (secondary N) is 1. The molecule has 5 heteroatoms. The average molecular weight is 751 g/mol. The lowest BCUT2D eigenvalue weighted by Crippen LogP contribution is -2.34. The minimum atomic E-state index is -0.385. The highest BCUT2D eigenvalue weighted by Gasteiger charge is 2.21. The van der Waals surface area contributed by atoms with Crippen LogP contribution in [0.5, 0.6) is 0 Å². The first-order chi connectivity index (χ1) is 25.6. The van der Waals surface area contributed by atoms with Crippen molar-refractivity contribution in [3.63, 3.8) is 0 Å². The molecular formula is C48H77ClFN3. The number of halogens is 2. The molecule has 0 spiro atoms. The molecule has 0 aromatic heterocycles. The molecule has 1 N–H and O–H groups in total. The molecule has 1 aliphatic carbocycles. The van der Waals surface area contributed by atoms with E-state index in [9.17, 15) is 4.39 Å². The van der Waals surface area contributed by atoms with Crippen LogP contribution in [0.3, 0.4) is 0 Å². The largest absolute Gasteiger partial charge is 0.344 e. The summed E-state index contributed by atoms with van der Waals surface area (Å²) in [6.07, 6.45) is 26.1. The molecule has 0 aliphatic heterocycles. The number of anilines is 1. The van der Waals surface area contributed by atoms with Crippen LogP contribution in [-0.4, -0.2) is 29.9 Å². The van der Waals surface area contributed by atoms with E-state index >= 15 is 0 Å². The fourth-order valence-electron chi connectivity index (χ4n) is 7.06. The number of unbranched alkanes of at least 4 members (excludes halogenated alkanes) is 2. The molecule has 0 bridgehead atoms. The molecule has 0 heterocycles. The van der Waals surface area contributed by atoms with Gasteiger partial charge in [-0.25, -0.2) is 9.38 Å². The van der Waals surface area contributed by atoms with Gasteiger partial charge in [-0.1, -0.05) is 155 Å². The summed E-state index contributed by atoms with van der Waals surface area (Å²) in [6, 6.07) is 14.0. The number of allylic oxidation sites excluding steroid dienone is 5. The minimum absolute atomic E-state index is 0.344. The van der Waals surface area contributed by atoms with E-state index in [4.69, 9.17) is 11.6 Å². The van der Waals surface area contributed by atoms with Crippen LogP contribution in [-0.2, 0) is 6.42 Å². The molecule has 53 heavy (non-hydrogen) atoms. The molecule has 0 amide bonds. The molecule has 298 valence electrons. The fraction of sp³-hybridized carbons (Fsp3) is 0.604. The molecular weight excluding hydrogens is 673 g/mol. The van der Waals surface area contributed by atoms with Gasteiger partial charge in [-0.05, 0) is 118 Å². The lowest BCUT2D eigenvalue weighted by molar-refractivity contribution is 0.195. The van der Waals surface area contributed by atoms with Crippen LogP contribution >= 0.6 is 11.6 Å². The third-order valence-corrected chi connectivity index (χ3v) is 10.1. The number of hydrogen-bond donors (Lipinski definition) is 1. The van der Waals surface area contributed by atoms with Gasteiger partial charge < -0.3 is 10.2 Å². The lowest BCUT2D eigenvalue weighted by Gasteiger charge is -2.28. The first kappa shape index (κ1) is 48.3. The maximum Gasteiger partial charge on any atom is 0.126 e. The number of amidine groups is 1. The summed E-state index contributed by atoms with van der Waals surface area (Å²) < 4.78 is 13.6. The van der Waals surface area contributed by atoms with E-state index in [0.717, 1.165) is 42.4 Å². The minimum Gasteiger partial charge on any atom is -0.344 e. The summed E-state index contributed by atoms with van der Waals surface area (Å²) in [5, 5.41) is 3.46. The predicted octanol–water partition coefficient (Wildman–Crippen LogP) is 15.7. The van der Waals surface area contributed by atoms with E-state index < -0.39 is 0 Å². The summed E-state index contributed by atoms with van der Waals surface area (Å²) in [5.41, 5.74) is 6.47. The molecule has 2 aromatic carbocycles. The SMILES string of the molecule is CCCC(C)CCC.CCCCCN(CCC)C1CCCC1.CC\C=C(C(=C/N=C(C)Nc1cc(F)cc(Cl)c1)/C(C)=C/CC)\c1ccc(CC)cc1. The van der Waals surface area contributed by atoms with E-state index in [2.05, 4.69) is 114 Å². The van der Waals surface area contributed by atoms with Crippen molar-refractivity contribution in [3.05, 3.63) is 93.9 Å². The maximum atomic E-state index is 13.6. The molecule has 0 unspecified atom stereocenters. The summed E-state index contributed by atoms with van der Waals surface area (Å²) >= 11 is 5.96. The van der Waals surface area contributed by atoms with Crippen LogP contribution in [0, 0.1) is 11.7 Å². The van der Waals surface area contributed by atoms with E-state index in [1.165, 1.54) is 119 Å². The van der Waals surface area contributed by atoms with Gasteiger partial charge >= 0.3 is 0 Å². The standard InChI is InChI=1S/C27H32ClFN2.C13H27N.C8H18/c1-6-9-19(4)27(26(10-7-2)22-13-11-21(8-3)12-14-22)18-30-20(5)31-25-16-23(28)15-24(29)17-25;1-3-5-8-12-14(11-4-2)13-9-6-7-10-13;1-4-6-8(3)7-5-2/h9-18H,6-8H2,1-5H3,(H,30,31);13H,3-12H2,1-2H3;8H,4-7H2,1-3H3/b19-9+,26-10-,27-18+;;. The van der Waals surface area contributed by atoms with E-state index in [1.807, 2.05) is 13.1 Å². The highest BCUT2D eigenvalue weighted by atomic mass is 35.5. The molecule has 1 aliphatic rings. The molecule has 0 radical (unpaired) electrons. The molecule has 3 nitrogen and oxygen atoms in total. The van der Waals surface area contributed by atoms with Gasteiger partial charge in [-0.2, -0.15) is 0 Å². The molecule has 3 rings (SSSR count). The van der Waals surface area contributed by atoms with Crippen molar-refractivity contribution >= 4 is 28.7 Å². The number of benzene rings is 2. The Morgan fingerprint density at radius 2 is 1.49 bits per heavy atom. The third kappa shape index (κ3) is 20.5. The van der Waals surface area contributed by atoms with Crippen molar-refractivity contribution in [2.75, 3.05) is 18.4 Å². The van der Waals surface area contributed by atoms with Crippen LogP contribution in [0.2, 0.25) is 5.02 Å². The molecule has 1 saturated carbocycles. The van der Waals surface area contributed by atoms with Crippen LogP contribution in [0.25, 0.3) is 5.57 Å². The van der Waals surface area contributed by atoms with Crippen molar-refractivity contribution in [2.24, 2.45) is 10.9 Å². The predicted molar refractivity (Wildman–Crippen MR) is 237 cm³/mol. The number of nitrogens with zero attached hydrogens (tertiary/aromatic N) is 2. The Labute approximate surface area is 331 Å². The van der Waals surface area contributed by atoms with Gasteiger partial charge in [0.15, 0.2) is 0 Å². The smallest absolute Gasteiger partial charge is 0.126 e. The highest BCUT2D eigenvalue weighted by Crippen LogP contribution is 2.30. The lowest BCUT2D eigenvalue weighted by atomic mass is 9.91. The van der Waals surface area contributed by atoms with Crippen molar-refractivity contribution in [2.45, 2.75) is 172 Å². The Morgan fingerprint density at radius 3 is 2.02 bits per heavy atom. The summed E-state index contributed by atoms with van der Waals surface area (Å²) in [4.78, 5) is 7.39. The zero-order valence-electron chi connectivity index (χ0n) is 35.6. The van der Waals surface area contributed by atoms with Gasteiger partial charge in [0.2, 0.25) is 0 Å². The molecule has 0 atom stereocenters. The second-order valence-electron chi connectivity index (χ2n) is 14.8. The molecule has 1 fully saturated rings. The van der Waals surface area contributed by atoms with Crippen molar-refractivity contribution < 1.29 is 4.39 Å². The van der Waals surface area contributed by atoms with E-state index in [1.54, 1.807) is 6.07 Å². The average Bonchev–Trinajstić information content (AvgIpc) is 3.67. The number of aliphatic imine (C=N–C) groups is 1. The van der Waals surface area contributed by atoms with Crippen molar-refractivity contribution in [1.82, 2.24) is 4.90 Å². The third-order valence-electron chi connectivity index (χ3n) is 9.85. The normalized spacial score (nSPS) is 14.3. The van der Waals surface area contributed by atoms with E-state index in [0.29, 0.717) is 16.5 Å². The second kappa shape index (κ2) is 29.6. The van der Waals surface area contributed by atoms with Gasteiger partial charge in [-0.3, -0.25) is 0 Å². The fourth-order valence-corrected chi connectivity index (χ4v) is 7.29. The van der Waals surface area contributed by atoms with Gasteiger partial charge in [0.05, 0.1) is 0 Å². The Morgan fingerprint density at radius 1 is 0.849 bits per heavy atom. The zero-order valence-corrected chi connectivity index (χ0v) is 36.4. The Hall–Kier alpha value is -2.69. The molecule has 2 aromatic rings. The Kier molecular flexibility index (Phi) is 27.0. The van der Waals surface area contributed by atoms with Crippen LogP contribution in [0.4, 0.5) is 10.1 Å². The Balaban J connectivity index is 0.000000522. The highest BCUT2D eigenvalue weighted by molar-refractivity contribution is 6.30. The number of hydrogen-bond acceptors (Lipinski definition) is 2. The Bertz CT molecular complexity index is 1340. The summed E-state index contributed by atoms with van der Waals surface area (Å²) in [5.74, 6) is 1.23. The van der Waals surface area contributed by atoms with Crippen LogP contribution < -0.4 is 5.32 Å². The van der Waals surface area contributed by atoms with Crippen LogP contribution in [0.15, 0.2) is 77.0 Å². The first-order valence-electron chi connectivity index (χ1n) is 21.3. The monoisotopic (exact) mass is 750 g/mol. The van der Waals surface area contributed by atoms with E-state index in [-0.39, 0.29) is 5.82 Å². The topological polar surface area (TPSA) is 27.6 Å². The van der Waals surface area contributed by atoms with Crippen LogP contribution in [0.1, 0.15) is 170 Å². The number of aryl methyl sites for hydroxylation is 1. The first-order valence-corrected chi connectivity index (χ1v) is 21.6. The van der Waals surface area contributed by atoms with Gasteiger partial charge in [0.25, 0.3) is 0 Å². The maximum absolute atomic E-state index is 13.6. The molecule has 0 saturated heterocycles. The number of rotatable bonds is 19. The van der Waals surface area contributed by atoms with Gasteiger partial charge in [-0.15, -0.1) is 0 Å². The second-order valence-corrected chi connectivity index (χ2v) is 15.2.